The van der Waals surface area contributed by atoms with E-state index in [9.17, 15) is 0 Å². The highest BCUT2D eigenvalue weighted by atomic mass is 16.5. The summed E-state index contributed by atoms with van der Waals surface area (Å²) in [5.74, 6) is 2.51. The summed E-state index contributed by atoms with van der Waals surface area (Å²) in [5, 5.41) is 3.27. The lowest BCUT2D eigenvalue weighted by atomic mass is 10.1. The number of nitrogens with zero attached hydrogens (tertiary/aromatic N) is 2. The fourth-order valence-corrected chi connectivity index (χ4v) is 2.67. The zero-order chi connectivity index (χ0) is 14.2. The van der Waals surface area contributed by atoms with Gasteiger partial charge >= 0.3 is 0 Å². The second-order valence-electron chi connectivity index (χ2n) is 5.52. The van der Waals surface area contributed by atoms with Crippen molar-refractivity contribution < 1.29 is 4.74 Å². The molecule has 112 valence electrons. The van der Waals surface area contributed by atoms with Gasteiger partial charge in [-0.25, -0.2) is 4.98 Å². The molecule has 2 rings (SSSR count). The highest BCUT2D eigenvalue weighted by Gasteiger charge is 2.15. The van der Waals surface area contributed by atoms with E-state index in [0.717, 1.165) is 49.8 Å². The Morgan fingerprint density at radius 1 is 1.15 bits per heavy atom. The lowest BCUT2D eigenvalue weighted by molar-refractivity contribution is 0.175. The molecular formula is C16H27N3O. The zero-order valence-corrected chi connectivity index (χ0v) is 12.8. The summed E-state index contributed by atoms with van der Waals surface area (Å²) in [4.78, 5) is 9.08. The summed E-state index contributed by atoms with van der Waals surface area (Å²) in [5.41, 5.74) is 0. The van der Waals surface area contributed by atoms with Gasteiger partial charge in [-0.3, -0.25) is 0 Å². The minimum Gasteiger partial charge on any atom is -0.474 e. The van der Waals surface area contributed by atoms with Crippen LogP contribution in [0, 0.1) is 0 Å². The minimum atomic E-state index is 0.330. The molecule has 1 N–H and O–H groups in total. The van der Waals surface area contributed by atoms with Crippen LogP contribution in [0.4, 0.5) is 5.82 Å². The smallest absolute Gasteiger partial charge is 0.218 e. The molecule has 0 spiro atoms. The Morgan fingerprint density at radius 3 is 2.55 bits per heavy atom. The maximum atomic E-state index is 6.12. The van der Waals surface area contributed by atoms with Crippen molar-refractivity contribution in [3.05, 3.63) is 11.9 Å². The van der Waals surface area contributed by atoms with Crippen LogP contribution >= 0.6 is 0 Å². The van der Waals surface area contributed by atoms with Crippen molar-refractivity contribution in [1.82, 2.24) is 9.97 Å². The van der Waals surface area contributed by atoms with Gasteiger partial charge < -0.3 is 10.1 Å². The highest BCUT2D eigenvalue weighted by molar-refractivity contribution is 5.38. The number of hydrogen-bond acceptors (Lipinski definition) is 4. The molecule has 4 nitrogen and oxygen atoms in total. The van der Waals surface area contributed by atoms with Crippen molar-refractivity contribution in [1.29, 1.82) is 0 Å². The fraction of sp³-hybridized carbons (Fsp3) is 0.750. The fourth-order valence-electron chi connectivity index (χ4n) is 2.67. The van der Waals surface area contributed by atoms with Gasteiger partial charge in [-0.2, -0.15) is 4.98 Å². The van der Waals surface area contributed by atoms with Crippen LogP contribution in [0.25, 0.3) is 0 Å². The van der Waals surface area contributed by atoms with E-state index in [0.29, 0.717) is 6.10 Å². The van der Waals surface area contributed by atoms with Gasteiger partial charge in [0.25, 0.3) is 0 Å². The van der Waals surface area contributed by atoms with E-state index in [4.69, 9.17) is 4.74 Å². The van der Waals surface area contributed by atoms with Crippen LogP contribution in [0.1, 0.15) is 64.6 Å². The Hall–Kier alpha value is -1.32. The van der Waals surface area contributed by atoms with Crippen LogP contribution < -0.4 is 10.1 Å². The van der Waals surface area contributed by atoms with Crippen LogP contribution in [-0.4, -0.2) is 22.6 Å². The lowest BCUT2D eigenvalue weighted by Gasteiger charge is -2.17. The van der Waals surface area contributed by atoms with Crippen molar-refractivity contribution in [2.75, 3.05) is 11.9 Å². The summed E-state index contributed by atoms with van der Waals surface area (Å²) < 4.78 is 6.12. The molecular weight excluding hydrogens is 250 g/mol. The highest BCUT2D eigenvalue weighted by Crippen LogP contribution is 2.23. The number of hydrogen-bond donors (Lipinski definition) is 1. The van der Waals surface area contributed by atoms with E-state index >= 15 is 0 Å². The molecule has 0 unspecified atom stereocenters. The molecule has 1 aliphatic rings. The molecule has 1 aliphatic carbocycles. The first-order valence-electron chi connectivity index (χ1n) is 8.10. The average molecular weight is 277 g/mol. The number of anilines is 1. The first-order valence-corrected chi connectivity index (χ1v) is 8.10. The Labute approximate surface area is 122 Å². The number of ether oxygens (including phenoxy) is 1. The van der Waals surface area contributed by atoms with Gasteiger partial charge in [0.05, 0.1) is 0 Å². The number of aromatic nitrogens is 2. The third-order valence-electron chi connectivity index (χ3n) is 3.67. The van der Waals surface area contributed by atoms with E-state index < -0.39 is 0 Å². The largest absolute Gasteiger partial charge is 0.474 e. The van der Waals surface area contributed by atoms with Crippen molar-refractivity contribution in [2.45, 2.75) is 71.3 Å². The number of rotatable bonds is 6. The van der Waals surface area contributed by atoms with Crippen LogP contribution in [0.5, 0.6) is 5.88 Å². The van der Waals surface area contributed by atoms with E-state index in [1.165, 1.54) is 25.7 Å². The van der Waals surface area contributed by atoms with E-state index in [1.54, 1.807) is 0 Å². The van der Waals surface area contributed by atoms with Crippen molar-refractivity contribution in [3.63, 3.8) is 0 Å². The SMILES string of the molecule is CCCc1nc(NCC)cc(OC2CCCCCC2)n1. The first-order chi connectivity index (χ1) is 9.81. The Bertz CT molecular complexity index is 376. The zero-order valence-electron chi connectivity index (χ0n) is 12.8. The molecule has 0 aromatic carbocycles. The molecule has 1 heterocycles. The predicted octanol–water partition coefficient (Wildman–Crippen LogP) is 3.96. The normalized spacial score (nSPS) is 16.7. The molecule has 0 radical (unpaired) electrons. The monoisotopic (exact) mass is 277 g/mol. The first kappa shape index (κ1) is 15.1. The lowest BCUT2D eigenvalue weighted by Crippen LogP contribution is -2.17. The molecule has 1 aromatic rings. The van der Waals surface area contributed by atoms with E-state index in [-0.39, 0.29) is 0 Å². The topological polar surface area (TPSA) is 47.0 Å². The van der Waals surface area contributed by atoms with Crippen LogP contribution in [-0.2, 0) is 6.42 Å². The van der Waals surface area contributed by atoms with Gasteiger partial charge in [-0.15, -0.1) is 0 Å². The third kappa shape index (κ3) is 4.66. The van der Waals surface area contributed by atoms with Gasteiger partial charge in [0.1, 0.15) is 17.7 Å². The summed E-state index contributed by atoms with van der Waals surface area (Å²) in [6.07, 6.45) is 9.83. The molecule has 0 amide bonds. The van der Waals surface area contributed by atoms with Gasteiger partial charge in [-0.1, -0.05) is 19.8 Å². The Kier molecular flexibility index (Phi) is 6.09. The van der Waals surface area contributed by atoms with Crippen molar-refractivity contribution in [3.8, 4) is 5.88 Å². The summed E-state index contributed by atoms with van der Waals surface area (Å²) >= 11 is 0. The third-order valence-corrected chi connectivity index (χ3v) is 3.67. The quantitative estimate of drug-likeness (QED) is 0.799. The molecule has 1 aromatic heterocycles. The average Bonchev–Trinajstić information content (AvgIpc) is 2.68. The van der Waals surface area contributed by atoms with Crippen LogP contribution in [0.15, 0.2) is 6.07 Å². The molecule has 1 saturated carbocycles. The number of aryl methyl sites for hydroxylation is 1. The van der Waals surface area contributed by atoms with E-state index in [2.05, 4.69) is 29.1 Å². The Balaban J connectivity index is 2.07. The van der Waals surface area contributed by atoms with Crippen LogP contribution in [0.3, 0.4) is 0 Å². The maximum Gasteiger partial charge on any atom is 0.218 e. The second-order valence-corrected chi connectivity index (χ2v) is 5.52. The van der Waals surface area contributed by atoms with Gasteiger partial charge in [0, 0.05) is 19.0 Å². The molecule has 0 bridgehead atoms. The van der Waals surface area contributed by atoms with Crippen LogP contribution in [0.2, 0.25) is 0 Å². The predicted molar refractivity (Wildman–Crippen MR) is 82.3 cm³/mol. The van der Waals surface area contributed by atoms with E-state index in [1.807, 2.05) is 6.07 Å². The van der Waals surface area contributed by atoms with Crippen molar-refractivity contribution in [2.24, 2.45) is 0 Å². The van der Waals surface area contributed by atoms with Gasteiger partial charge in [0.2, 0.25) is 5.88 Å². The van der Waals surface area contributed by atoms with Crippen molar-refractivity contribution >= 4 is 5.82 Å². The molecule has 0 atom stereocenters. The van der Waals surface area contributed by atoms with Gasteiger partial charge in [0.15, 0.2) is 0 Å². The minimum absolute atomic E-state index is 0.330. The Morgan fingerprint density at radius 2 is 1.90 bits per heavy atom. The summed E-state index contributed by atoms with van der Waals surface area (Å²) in [6.45, 7) is 5.09. The maximum absolute atomic E-state index is 6.12. The molecule has 1 fully saturated rings. The molecule has 0 aliphatic heterocycles. The van der Waals surface area contributed by atoms with Gasteiger partial charge in [-0.05, 0) is 39.0 Å². The second kappa shape index (κ2) is 8.08. The standard InChI is InChI=1S/C16H27N3O/c1-3-9-14-18-15(17-4-2)12-16(19-14)20-13-10-7-5-6-8-11-13/h12-13H,3-11H2,1-2H3,(H,17,18,19). The molecule has 20 heavy (non-hydrogen) atoms. The number of nitrogens with one attached hydrogen (secondary N) is 1. The summed E-state index contributed by atoms with van der Waals surface area (Å²) in [6, 6.07) is 1.94. The summed E-state index contributed by atoms with van der Waals surface area (Å²) in [7, 11) is 0. The molecule has 0 saturated heterocycles. The molecule has 4 heteroatoms.